The lowest BCUT2D eigenvalue weighted by molar-refractivity contribution is -0.143. The summed E-state index contributed by atoms with van der Waals surface area (Å²) < 4.78 is 0. The largest absolute Gasteiger partial charge is 0.397 e. The molecule has 1 fully saturated rings. The van der Waals surface area contributed by atoms with Crippen LogP contribution in [0.25, 0.3) is 0 Å². The second-order valence-electron chi connectivity index (χ2n) is 4.32. The number of hydrogen-bond donors (Lipinski definition) is 2. The molecule has 110 valence electrons. The lowest BCUT2D eigenvalue weighted by atomic mass is 10.2. The summed E-state index contributed by atoms with van der Waals surface area (Å²) in [4.78, 5) is 47.5. The normalized spacial score (nSPS) is 14.9. The van der Waals surface area contributed by atoms with E-state index in [1.807, 2.05) is 0 Å². The maximum atomic E-state index is 11.8. The van der Waals surface area contributed by atoms with Crippen molar-refractivity contribution in [3.8, 4) is 0 Å². The number of carbonyl (C=O) groups is 4. The first-order valence-electron chi connectivity index (χ1n) is 5.79. The average Bonchev–Trinajstić information content (AvgIpc) is 2.60. The summed E-state index contributed by atoms with van der Waals surface area (Å²) in [7, 11) is 1.16. The van der Waals surface area contributed by atoms with Crippen LogP contribution in [0.15, 0.2) is 18.2 Å². The number of amides is 5. The quantitative estimate of drug-likeness (QED) is 0.473. The Morgan fingerprint density at radius 1 is 1.29 bits per heavy atom. The summed E-state index contributed by atoms with van der Waals surface area (Å²) in [6, 6.07) is 3.61. The highest BCUT2D eigenvalue weighted by Gasteiger charge is 2.42. The summed E-state index contributed by atoms with van der Waals surface area (Å²) >= 11 is 5.73. The smallest absolute Gasteiger partial charge is 0.334 e. The van der Waals surface area contributed by atoms with Crippen molar-refractivity contribution in [2.45, 2.75) is 0 Å². The minimum atomic E-state index is -1.04. The van der Waals surface area contributed by atoms with Crippen molar-refractivity contribution in [2.75, 3.05) is 24.6 Å². The zero-order chi connectivity index (χ0) is 15.7. The number of anilines is 2. The Hall–Kier alpha value is -2.61. The van der Waals surface area contributed by atoms with Gasteiger partial charge in [0, 0.05) is 12.1 Å². The Labute approximate surface area is 124 Å². The van der Waals surface area contributed by atoms with E-state index in [1.54, 1.807) is 0 Å². The van der Waals surface area contributed by atoms with Crippen molar-refractivity contribution in [3.63, 3.8) is 0 Å². The number of nitrogen functional groups attached to an aromatic ring is 1. The number of imide groups is 2. The summed E-state index contributed by atoms with van der Waals surface area (Å²) in [6.07, 6.45) is 0. The predicted octanol–water partition coefficient (Wildman–Crippen LogP) is 0.281. The van der Waals surface area contributed by atoms with Crippen LogP contribution in [0.3, 0.4) is 0 Å². The first-order valence-corrected chi connectivity index (χ1v) is 6.17. The Bertz CT molecular complexity index is 661. The van der Waals surface area contributed by atoms with Gasteiger partial charge in [-0.1, -0.05) is 11.6 Å². The van der Waals surface area contributed by atoms with Crippen molar-refractivity contribution >= 4 is 46.7 Å². The third-order valence-electron chi connectivity index (χ3n) is 2.84. The molecule has 5 amide bonds. The van der Waals surface area contributed by atoms with Crippen LogP contribution in [0, 0.1) is 0 Å². The molecule has 2 rings (SSSR count). The fourth-order valence-electron chi connectivity index (χ4n) is 1.73. The van der Waals surface area contributed by atoms with E-state index in [4.69, 9.17) is 17.3 Å². The molecule has 9 heteroatoms. The summed E-state index contributed by atoms with van der Waals surface area (Å²) in [5.74, 6) is -2.67. The Balaban J connectivity index is 2.07. The topological polar surface area (TPSA) is 113 Å². The Morgan fingerprint density at radius 3 is 2.48 bits per heavy atom. The zero-order valence-electron chi connectivity index (χ0n) is 10.9. The Kier molecular flexibility index (Phi) is 3.81. The molecule has 0 radical (unpaired) electrons. The molecule has 8 nitrogen and oxygen atoms in total. The number of halogens is 1. The SMILES string of the molecule is CN1C(=O)C(=O)N(CC(=O)Nc2ccc(Cl)cc2N)C1=O. The number of urea groups is 1. The van der Waals surface area contributed by atoms with Gasteiger partial charge in [-0.05, 0) is 18.2 Å². The monoisotopic (exact) mass is 310 g/mol. The molecule has 0 aliphatic carbocycles. The molecule has 1 aliphatic heterocycles. The molecular weight excluding hydrogens is 300 g/mol. The van der Waals surface area contributed by atoms with Crippen LogP contribution >= 0.6 is 11.6 Å². The number of benzene rings is 1. The van der Waals surface area contributed by atoms with Crippen molar-refractivity contribution in [1.82, 2.24) is 9.80 Å². The number of carbonyl (C=O) groups excluding carboxylic acids is 4. The standard InChI is InChI=1S/C12H11ClN4O4/c1-16-10(19)11(20)17(12(16)21)5-9(18)15-8-3-2-6(13)4-7(8)14/h2-4H,5,14H2,1H3,(H,15,18). The molecule has 0 atom stereocenters. The molecule has 0 bridgehead atoms. The van der Waals surface area contributed by atoms with Gasteiger partial charge in [0.25, 0.3) is 0 Å². The first kappa shape index (κ1) is 14.8. The van der Waals surface area contributed by atoms with Crippen LogP contribution in [0.4, 0.5) is 16.2 Å². The van der Waals surface area contributed by atoms with Gasteiger partial charge in [0.2, 0.25) is 5.91 Å². The highest BCUT2D eigenvalue weighted by molar-refractivity contribution is 6.45. The number of nitrogens with zero attached hydrogens (tertiary/aromatic N) is 2. The highest BCUT2D eigenvalue weighted by Crippen LogP contribution is 2.22. The van der Waals surface area contributed by atoms with E-state index in [2.05, 4.69) is 5.32 Å². The van der Waals surface area contributed by atoms with Crippen LogP contribution in [0.5, 0.6) is 0 Å². The van der Waals surface area contributed by atoms with Crippen molar-refractivity contribution in [2.24, 2.45) is 0 Å². The average molecular weight is 311 g/mol. The van der Waals surface area contributed by atoms with Crippen LogP contribution < -0.4 is 11.1 Å². The number of hydrogen-bond acceptors (Lipinski definition) is 5. The second-order valence-corrected chi connectivity index (χ2v) is 4.75. The zero-order valence-corrected chi connectivity index (χ0v) is 11.7. The number of nitrogens with one attached hydrogen (secondary N) is 1. The second kappa shape index (κ2) is 5.41. The van der Waals surface area contributed by atoms with Gasteiger partial charge in [0.15, 0.2) is 0 Å². The van der Waals surface area contributed by atoms with Crippen molar-refractivity contribution in [1.29, 1.82) is 0 Å². The Morgan fingerprint density at radius 2 is 1.95 bits per heavy atom. The fraction of sp³-hybridized carbons (Fsp3) is 0.167. The molecule has 1 heterocycles. The lowest BCUT2D eigenvalue weighted by Crippen LogP contribution is -2.38. The van der Waals surface area contributed by atoms with E-state index in [0.29, 0.717) is 20.5 Å². The molecular formula is C12H11ClN4O4. The van der Waals surface area contributed by atoms with E-state index >= 15 is 0 Å². The fourth-order valence-corrected chi connectivity index (χ4v) is 1.91. The van der Waals surface area contributed by atoms with E-state index in [1.165, 1.54) is 18.2 Å². The molecule has 1 aromatic carbocycles. The summed E-state index contributed by atoms with van der Waals surface area (Å²) in [5.41, 5.74) is 6.20. The molecule has 1 aromatic rings. The molecule has 0 aromatic heterocycles. The van der Waals surface area contributed by atoms with Gasteiger partial charge in [0.1, 0.15) is 6.54 Å². The summed E-state index contributed by atoms with van der Waals surface area (Å²) in [5, 5.41) is 2.84. The van der Waals surface area contributed by atoms with Crippen LogP contribution in [0.2, 0.25) is 5.02 Å². The van der Waals surface area contributed by atoms with Gasteiger partial charge < -0.3 is 11.1 Å². The number of nitrogens with two attached hydrogens (primary N) is 1. The molecule has 21 heavy (non-hydrogen) atoms. The molecule has 1 saturated heterocycles. The molecule has 0 spiro atoms. The number of rotatable bonds is 3. The number of likely N-dealkylation sites (N-methyl/N-ethyl adjacent to an activating group) is 1. The lowest BCUT2D eigenvalue weighted by Gasteiger charge is -2.13. The molecule has 3 N–H and O–H groups in total. The maximum absolute atomic E-state index is 11.8. The van der Waals surface area contributed by atoms with E-state index in [-0.39, 0.29) is 5.69 Å². The van der Waals surface area contributed by atoms with Gasteiger partial charge in [-0.3, -0.25) is 19.3 Å². The van der Waals surface area contributed by atoms with Gasteiger partial charge in [-0.15, -0.1) is 0 Å². The third-order valence-corrected chi connectivity index (χ3v) is 3.08. The minimum Gasteiger partial charge on any atom is -0.397 e. The van der Waals surface area contributed by atoms with Crippen molar-refractivity contribution in [3.05, 3.63) is 23.2 Å². The van der Waals surface area contributed by atoms with Gasteiger partial charge in [0.05, 0.1) is 11.4 Å². The van der Waals surface area contributed by atoms with Crippen molar-refractivity contribution < 1.29 is 19.2 Å². The minimum absolute atomic E-state index is 0.239. The molecule has 0 saturated carbocycles. The van der Waals surface area contributed by atoms with E-state index < -0.39 is 30.3 Å². The van der Waals surface area contributed by atoms with Gasteiger partial charge in [-0.25, -0.2) is 9.69 Å². The summed E-state index contributed by atoms with van der Waals surface area (Å²) in [6.45, 7) is -0.574. The predicted molar refractivity (Wildman–Crippen MR) is 74.4 cm³/mol. The van der Waals surface area contributed by atoms with Crippen LogP contribution in [-0.2, 0) is 14.4 Å². The molecule has 1 aliphatic rings. The highest BCUT2D eigenvalue weighted by atomic mass is 35.5. The van der Waals surface area contributed by atoms with E-state index in [0.717, 1.165) is 7.05 Å². The van der Waals surface area contributed by atoms with Crippen LogP contribution in [0.1, 0.15) is 0 Å². The molecule has 0 unspecified atom stereocenters. The first-order chi connectivity index (χ1) is 9.81. The maximum Gasteiger partial charge on any atom is 0.334 e. The van der Waals surface area contributed by atoms with E-state index in [9.17, 15) is 19.2 Å². The van der Waals surface area contributed by atoms with Gasteiger partial charge >= 0.3 is 17.8 Å². The third kappa shape index (κ3) is 2.79. The van der Waals surface area contributed by atoms with Crippen LogP contribution in [-0.4, -0.2) is 47.1 Å². The van der Waals surface area contributed by atoms with Gasteiger partial charge in [-0.2, -0.15) is 0 Å².